The van der Waals surface area contributed by atoms with Crippen molar-refractivity contribution in [2.24, 2.45) is 5.41 Å². The number of imidazole rings is 1. The highest BCUT2D eigenvalue weighted by Crippen LogP contribution is 2.56. The Morgan fingerprint density at radius 2 is 2.30 bits per heavy atom. The van der Waals surface area contributed by atoms with Crippen LogP contribution >= 0.6 is 11.3 Å². The molecule has 8 nitrogen and oxygen atoms in total. The van der Waals surface area contributed by atoms with Crippen LogP contribution in [0.15, 0.2) is 23.8 Å². The van der Waals surface area contributed by atoms with Crippen LogP contribution in [0.1, 0.15) is 42.4 Å². The van der Waals surface area contributed by atoms with Crippen molar-refractivity contribution < 1.29 is 9.72 Å². The van der Waals surface area contributed by atoms with E-state index < -0.39 is 4.92 Å². The maximum absolute atomic E-state index is 13.3. The number of hydrogen-bond acceptors (Lipinski definition) is 6. The highest BCUT2D eigenvalue weighted by molar-refractivity contribution is 7.13. The monoisotopic (exact) mass is 389 g/mol. The molecule has 1 unspecified atom stereocenters. The van der Waals surface area contributed by atoms with Gasteiger partial charge < -0.3 is 14.8 Å². The molecule has 1 aliphatic carbocycles. The predicted octanol–water partition coefficient (Wildman–Crippen LogP) is 2.66. The quantitative estimate of drug-likeness (QED) is 0.606. The molecular formula is C18H23N5O3S. The van der Waals surface area contributed by atoms with Crippen LogP contribution in [0.5, 0.6) is 0 Å². The number of amides is 1. The second kappa shape index (κ2) is 7.05. The average molecular weight is 389 g/mol. The Hall–Kier alpha value is -2.26. The van der Waals surface area contributed by atoms with Gasteiger partial charge in [0.25, 0.3) is 5.91 Å². The molecule has 1 saturated heterocycles. The first kappa shape index (κ1) is 18.1. The minimum Gasteiger partial charge on any atom is -0.334 e. The van der Waals surface area contributed by atoms with Crippen LogP contribution in [-0.2, 0) is 13.1 Å². The van der Waals surface area contributed by atoms with E-state index in [-0.39, 0.29) is 22.4 Å². The van der Waals surface area contributed by atoms with Crippen molar-refractivity contribution in [3.63, 3.8) is 0 Å². The van der Waals surface area contributed by atoms with Gasteiger partial charge in [-0.2, -0.15) is 0 Å². The molecule has 9 heteroatoms. The van der Waals surface area contributed by atoms with Gasteiger partial charge in [0.05, 0.1) is 17.0 Å². The lowest BCUT2D eigenvalue weighted by atomic mass is 9.93. The van der Waals surface area contributed by atoms with E-state index in [4.69, 9.17) is 0 Å². The minimum absolute atomic E-state index is 0.000680. The van der Waals surface area contributed by atoms with Gasteiger partial charge in [0, 0.05) is 36.4 Å². The minimum atomic E-state index is -0.443. The molecule has 1 spiro atoms. The molecule has 1 atom stereocenters. The van der Waals surface area contributed by atoms with Gasteiger partial charge in [0.2, 0.25) is 0 Å². The van der Waals surface area contributed by atoms with E-state index in [0.717, 1.165) is 56.1 Å². The molecule has 0 aromatic carbocycles. The molecule has 1 aliphatic heterocycles. The van der Waals surface area contributed by atoms with Crippen LogP contribution in [0.3, 0.4) is 0 Å². The van der Waals surface area contributed by atoms with Crippen molar-refractivity contribution in [1.29, 1.82) is 0 Å². The fourth-order valence-corrected chi connectivity index (χ4v) is 4.88. The largest absolute Gasteiger partial charge is 0.334 e. The summed E-state index contributed by atoms with van der Waals surface area (Å²) in [5.74, 6) is 0.719. The zero-order valence-corrected chi connectivity index (χ0v) is 16.1. The molecule has 1 amide bonds. The number of carbonyl (C=O) groups is 1. The predicted molar refractivity (Wildman–Crippen MR) is 102 cm³/mol. The molecule has 0 bridgehead atoms. The molecule has 1 N–H and O–H groups in total. The van der Waals surface area contributed by atoms with Gasteiger partial charge in [-0.05, 0) is 44.7 Å². The third kappa shape index (κ3) is 3.37. The van der Waals surface area contributed by atoms with Crippen LogP contribution in [0.2, 0.25) is 0 Å². The molecule has 27 heavy (non-hydrogen) atoms. The molecule has 0 radical (unpaired) electrons. The highest BCUT2D eigenvalue weighted by atomic mass is 32.1. The maximum Gasteiger partial charge on any atom is 0.324 e. The number of nitro groups is 1. The molecule has 2 aliphatic rings. The first-order valence-corrected chi connectivity index (χ1v) is 10.2. The summed E-state index contributed by atoms with van der Waals surface area (Å²) in [6.45, 7) is 5.23. The van der Waals surface area contributed by atoms with Crippen LogP contribution in [0, 0.1) is 15.5 Å². The summed E-state index contributed by atoms with van der Waals surface area (Å²) < 4.78 is 2.04. The third-order valence-corrected chi connectivity index (χ3v) is 6.73. The van der Waals surface area contributed by atoms with E-state index in [2.05, 4.69) is 10.3 Å². The van der Waals surface area contributed by atoms with Crippen LogP contribution in [0.4, 0.5) is 5.00 Å². The van der Waals surface area contributed by atoms with Gasteiger partial charge in [-0.15, -0.1) is 0 Å². The summed E-state index contributed by atoms with van der Waals surface area (Å²) in [5, 5.41) is 16.0. The van der Waals surface area contributed by atoms with Gasteiger partial charge in [0.15, 0.2) is 0 Å². The highest BCUT2D eigenvalue weighted by Gasteiger charge is 2.58. The average Bonchev–Trinajstić information content (AvgIpc) is 3.08. The Morgan fingerprint density at radius 1 is 1.52 bits per heavy atom. The van der Waals surface area contributed by atoms with Crippen molar-refractivity contribution in [1.82, 2.24) is 19.8 Å². The Kier molecular flexibility index (Phi) is 4.73. The Bertz CT molecular complexity index is 855. The zero-order valence-electron chi connectivity index (χ0n) is 15.3. The number of aromatic nitrogens is 2. The van der Waals surface area contributed by atoms with E-state index in [0.29, 0.717) is 12.1 Å². The van der Waals surface area contributed by atoms with Gasteiger partial charge in [0.1, 0.15) is 5.82 Å². The lowest BCUT2D eigenvalue weighted by molar-refractivity contribution is -0.380. The number of carbonyl (C=O) groups excluding carboxylic acids is 1. The van der Waals surface area contributed by atoms with Crippen molar-refractivity contribution in [3.8, 4) is 0 Å². The Balaban J connectivity index is 1.61. The normalized spacial score (nSPS) is 20.6. The lowest BCUT2D eigenvalue weighted by Crippen LogP contribution is -2.39. The summed E-state index contributed by atoms with van der Waals surface area (Å²) in [4.78, 5) is 30.2. The summed E-state index contributed by atoms with van der Waals surface area (Å²) in [7, 11) is 0. The number of nitrogens with one attached hydrogen (secondary N) is 1. The molecule has 2 aromatic rings. The second-order valence-corrected chi connectivity index (χ2v) is 8.22. The van der Waals surface area contributed by atoms with E-state index >= 15 is 0 Å². The molecule has 3 heterocycles. The number of rotatable bonds is 6. The van der Waals surface area contributed by atoms with Gasteiger partial charge in [-0.3, -0.25) is 14.9 Å². The van der Waals surface area contributed by atoms with Gasteiger partial charge in [-0.1, -0.05) is 11.3 Å². The van der Waals surface area contributed by atoms with E-state index in [9.17, 15) is 14.9 Å². The summed E-state index contributed by atoms with van der Waals surface area (Å²) in [5.41, 5.74) is 0.587. The maximum atomic E-state index is 13.3. The van der Waals surface area contributed by atoms with E-state index in [1.54, 1.807) is 11.6 Å². The van der Waals surface area contributed by atoms with Crippen LogP contribution in [0.25, 0.3) is 0 Å². The SMILES string of the molecule is CCn1ccnc1CN(C(=O)c1csc([N+](=O)[O-])c1)C1CC12CCNCC2. The van der Waals surface area contributed by atoms with E-state index in [1.807, 2.05) is 22.6 Å². The molecule has 144 valence electrons. The number of hydrogen-bond donors (Lipinski definition) is 1. The van der Waals surface area contributed by atoms with Crippen LogP contribution < -0.4 is 5.32 Å². The smallest absolute Gasteiger partial charge is 0.324 e. The first-order chi connectivity index (χ1) is 13.0. The summed E-state index contributed by atoms with van der Waals surface area (Å²) >= 11 is 1.00. The molecule has 2 aromatic heterocycles. The molecule has 2 fully saturated rings. The van der Waals surface area contributed by atoms with Gasteiger partial charge in [-0.25, -0.2) is 4.98 Å². The number of thiophene rings is 1. The summed E-state index contributed by atoms with van der Waals surface area (Å²) in [6, 6.07) is 1.57. The second-order valence-electron chi connectivity index (χ2n) is 7.33. The number of nitrogens with zero attached hydrogens (tertiary/aromatic N) is 4. The van der Waals surface area contributed by atoms with Crippen molar-refractivity contribution >= 4 is 22.2 Å². The Morgan fingerprint density at radius 3 is 2.96 bits per heavy atom. The van der Waals surface area contributed by atoms with Gasteiger partial charge >= 0.3 is 5.00 Å². The van der Waals surface area contributed by atoms with Crippen LogP contribution in [-0.4, -0.2) is 44.4 Å². The zero-order chi connectivity index (χ0) is 19.0. The fraction of sp³-hybridized carbons (Fsp3) is 0.556. The fourth-order valence-electron chi connectivity index (χ4n) is 4.18. The number of aryl methyl sites for hydroxylation is 1. The van der Waals surface area contributed by atoms with Crippen molar-refractivity contribution in [2.75, 3.05) is 13.1 Å². The van der Waals surface area contributed by atoms with E-state index in [1.165, 1.54) is 6.07 Å². The Labute approximate surface area is 161 Å². The molecular weight excluding hydrogens is 366 g/mol. The number of piperidine rings is 1. The summed E-state index contributed by atoms with van der Waals surface area (Å²) in [6.07, 6.45) is 6.80. The first-order valence-electron chi connectivity index (χ1n) is 9.29. The third-order valence-electron chi connectivity index (χ3n) is 5.85. The lowest BCUT2D eigenvalue weighted by Gasteiger charge is -2.29. The van der Waals surface area contributed by atoms with Crippen molar-refractivity contribution in [3.05, 3.63) is 45.3 Å². The topological polar surface area (TPSA) is 93.3 Å². The molecule has 4 rings (SSSR count). The van der Waals surface area contributed by atoms with Crippen molar-refractivity contribution in [2.45, 2.75) is 45.3 Å². The molecule has 1 saturated carbocycles. The standard InChI is InChI=1S/C18H23N5O3S/c1-2-21-8-7-20-15(21)11-22(14-10-18(14)3-5-19-6-4-18)17(24)13-9-16(23(25)26)27-12-13/h7-9,12,14,19H,2-6,10-11H2,1H3.